The Morgan fingerprint density at radius 3 is 2.30 bits per heavy atom. The van der Waals surface area contributed by atoms with Gasteiger partial charge in [0.25, 0.3) is 0 Å². The van der Waals surface area contributed by atoms with Gasteiger partial charge < -0.3 is 10.2 Å². The summed E-state index contributed by atoms with van der Waals surface area (Å²) < 4.78 is 0. The maximum absolute atomic E-state index is 12.7. The van der Waals surface area contributed by atoms with Crippen LogP contribution in [0.5, 0.6) is 0 Å². The highest BCUT2D eigenvalue weighted by Crippen LogP contribution is 2.59. The molecule has 2 aliphatic carbocycles. The van der Waals surface area contributed by atoms with Crippen LogP contribution in [0, 0.1) is 16.7 Å². The van der Waals surface area contributed by atoms with Gasteiger partial charge in [0.15, 0.2) is 0 Å². The molecule has 1 unspecified atom stereocenters. The molecule has 1 atom stereocenters. The van der Waals surface area contributed by atoms with Crippen LogP contribution in [0.2, 0.25) is 0 Å². The summed E-state index contributed by atoms with van der Waals surface area (Å²) in [5.74, 6) is 0.779. The average Bonchev–Trinajstić information content (AvgIpc) is 3.11. The Labute approximate surface area is 123 Å². The van der Waals surface area contributed by atoms with Crippen LogP contribution >= 0.6 is 0 Å². The average molecular weight is 278 g/mol. The molecule has 2 saturated carbocycles. The Hall–Kier alpha value is -0.570. The standard InChI is InChI=1S/C17H30N2O/c1-16(2)6-4-13(5-7-16)19(3)15(20)14-12-17(14)8-10-18-11-9-17/h13-14,18H,4-12H2,1-3H3. The minimum absolute atomic E-state index is 0.338. The van der Waals surface area contributed by atoms with E-state index in [2.05, 4.69) is 31.1 Å². The van der Waals surface area contributed by atoms with E-state index in [1.54, 1.807) is 0 Å². The molecule has 0 aromatic heterocycles. The first-order valence-corrected chi connectivity index (χ1v) is 8.41. The van der Waals surface area contributed by atoms with E-state index in [-0.39, 0.29) is 0 Å². The number of carbonyl (C=O) groups excluding carboxylic acids is 1. The van der Waals surface area contributed by atoms with E-state index in [1.165, 1.54) is 38.5 Å². The Morgan fingerprint density at radius 1 is 1.10 bits per heavy atom. The van der Waals surface area contributed by atoms with Gasteiger partial charge in [-0.2, -0.15) is 0 Å². The molecule has 3 fully saturated rings. The number of nitrogens with zero attached hydrogens (tertiary/aromatic N) is 1. The molecule has 3 rings (SSSR count). The van der Waals surface area contributed by atoms with Crippen molar-refractivity contribution in [1.29, 1.82) is 0 Å². The number of hydrogen-bond acceptors (Lipinski definition) is 2. The second-order valence-electron chi connectivity index (χ2n) is 8.21. The van der Waals surface area contributed by atoms with E-state index in [0.717, 1.165) is 19.5 Å². The second-order valence-corrected chi connectivity index (χ2v) is 8.21. The fourth-order valence-electron chi connectivity index (χ4n) is 4.37. The van der Waals surface area contributed by atoms with Crippen molar-refractivity contribution in [2.45, 2.75) is 64.8 Å². The zero-order valence-corrected chi connectivity index (χ0v) is 13.4. The molecule has 3 aliphatic rings. The number of rotatable bonds is 2. The van der Waals surface area contributed by atoms with E-state index in [0.29, 0.717) is 28.7 Å². The zero-order chi connectivity index (χ0) is 14.4. The smallest absolute Gasteiger partial charge is 0.226 e. The molecule has 1 heterocycles. The highest BCUT2D eigenvalue weighted by Gasteiger charge is 2.58. The van der Waals surface area contributed by atoms with E-state index < -0.39 is 0 Å². The topological polar surface area (TPSA) is 32.3 Å². The molecular weight excluding hydrogens is 248 g/mol. The number of piperidine rings is 1. The van der Waals surface area contributed by atoms with E-state index in [4.69, 9.17) is 0 Å². The fraction of sp³-hybridized carbons (Fsp3) is 0.941. The third-order valence-electron chi connectivity index (χ3n) is 6.29. The lowest BCUT2D eigenvalue weighted by Crippen LogP contribution is -2.43. The first-order chi connectivity index (χ1) is 9.44. The lowest BCUT2D eigenvalue weighted by Gasteiger charge is -2.39. The lowest BCUT2D eigenvalue weighted by molar-refractivity contribution is -0.135. The SMILES string of the molecule is CN(C(=O)C1CC12CCNCC2)C1CCC(C)(C)CC1. The summed E-state index contributed by atoms with van der Waals surface area (Å²) in [6.07, 6.45) is 8.46. The van der Waals surface area contributed by atoms with Crippen molar-refractivity contribution in [2.24, 2.45) is 16.7 Å². The number of nitrogens with one attached hydrogen (secondary N) is 1. The summed E-state index contributed by atoms with van der Waals surface area (Å²) in [4.78, 5) is 14.9. The van der Waals surface area contributed by atoms with Gasteiger partial charge in [-0.15, -0.1) is 0 Å². The summed E-state index contributed by atoms with van der Waals surface area (Å²) in [5.41, 5.74) is 0.862. The maximum atomic E-state index is 12.7. The fourth-order valence-corrected chi connectivity index (χ4v) is 4.37. The zero-order valence-electron chi connectivity index (χ0n) is 13.4. The molecule has 0 bridgehead atoms. The van der Waals surface area contributed by atoms with Gasteiger partial charge in [-0.3, -0.25) is 4.79 Å². The molecular formula is C17H30N2O. The highest BCUT2D eigenvalue weighted by molar-refractivity contribution is 5.82. The van der Waals surface area contributed by atoms with Gasteiger partial charge in [-0.25, -0.2) is 0 Å². The van der Waals surface area contributed by atoms with Crippen LogP contribution in [-0.4, -0.2) is 37.0 Å². The molecule has 0 aromatic carbocycles. The van der Waals surface area contributed by atoms with Crippen molar-refractivity contribution in [3.8, 4) is 0 Å². The largest absolute Gasteiger partial charge is 0.343 e. The van der Waals surface area contributed by atoms with Gasteiger partial charge in [0, 0.05) is 19.0 Å². The predicted molar refractivity (Wildman–Crippen MR) is 81.5 cm³/mol. The number of carbonyl (C=O) groups is 1. The first-order valence-electron chi connectivity index (χ1n) is 8.41. The van der Waals surface area contributed by atoms with Gasteiger partial charge in [-0.05, 0) is 68.9 Å². The first kappa shape index (κ1) is 14.4. The van der Waals surface area contributed by atoms with Crippen LogP contribution in [0.15, 0.2) is 0 Å². The van der Waals surface area contributed by atoms with Crippen LogP contribution < -0.4 is 5.32 Å². The molecule has 1 spiro atoms. The molecule has 1 aliphatic heterocycles. The summed E-state index contributed by atoms with van der Waals surface area (Å²) >= 11 is 0. The Balaban J connectivity index is 1.56. The minimum Gasteiger partial charge on any atom is -0.343 e. The third kappa shape index (κ3) is 2.61. The van der Waals surface area contributed by atoms with Crippen LogP contribution in [0.4, 0.5) is 0 Å². The summed E-state index contributed by atoms with van der Waals surface area (Å²) in [5, 5.41) is 3.42. The normalized spacial score (nSPS) is 32.0. The van der Waals surface area contributed by atoms with Gasteiger partial charge in [0.05, 0.1) is 0 Å². The van der Waals surface area contributed by atoms with Crippen molar-refractivity contribution in [3.63, 3.8) is 0 Å². The maximum Gasteiger partial charge on any atom is 0.226 e. The van der Waals surface area contributed by atoms with E-state index >= 15 is 0 Å². The van der Waals surface area contributed by atoms with Crippen LogP contribution in [-0.2, 0) is 4.79 Å². The number of hydrogen-bond donors (Lipinski definition) is 1. The molecule has 3 heteroatoms. The molecule has 1 N–H and O–H groups in total. The van der Waals surface area contributed by atoms with E-state index in [1.807, 2.05) is 0 Å². The lowest BCUT2D eigenvalue weighted by atomic mass is 9.75. The van der Waals surface area contributed by atoms with Crippen molar-refractivity contribution >= 4 is 5.91 Å². The third-order valence-corrected chi connectivity index (χ3v) is 6.29. The molecule has 0 aromatic rings. The van der Waals surface area contributed by atoms with Crippen LogP contribution in [0.1, 0.15) is 58.8 Å². The summed E-state index contributed by atoms with van der Waals surface area (Å²) in [6, 6.07) is 0.495. The monoisotopic (exact) mass is 278 g/mol. The Kier molecular flexibility index (Phi) is 3.60. The molecule has 1 amide bonds. The molecule has 0 radical (unpaired) electrons. The van der Waals surface area contributed by atoms with Crippen molar-refractivity contribution < 1.29 is 4.79 Å². The molecule has 114 valence electrons. The summed E-state index contributed by atoms with van der Waals surface area (Å²) in [6.45, 7) is 6.92. The number of amides is 1. The van der Waals surface area contributed by atoms with Crippen molar-refractivity contribution in [3.05, 3.63) is 0 Å². The van der Waals surface area contributed by atoms with Crippen molar-refractivity contribution in [1.82, 2.24) is 10.2 Å². The molecule has 1 saturated heterocycles. The second kappa shape index (κ2) is 5.01. The predicted octanol–water partition coefficient (Wildman–Crippen LogP) is 2.80. The van der Waals surface area contributed by atoms with Gasteiger partial charge >= 0.3 is 0 Å². The van der Waals surface area contributed by atoms with E-state index in [9.17, 15) is 4.79 Å². The minimum atomic E-state index is 0.338. The molecule has 3 nitrogen and oxygen atoms in total. The molecule has 20 heavy (non-hydrogen) atoms. The van der Waals surface area contributed by atoms with Gasteiger partial charge in [0.2, 0.25) is 5.91 Å². The highest BCUT2D eigenvalue weighted by atomic mass is 16.2. The van der Waals surface area contributed by atoms with Crippen molar-refractivity contribution in [2.75, 3.05) is 20.1 Å². The van der Waals surface area contributed by atoms with Crippen LogP contribution in [0.25, 0.3) is 0 Å². The quantitative estimate of drug-likeness (QED) is 0.842. The van der Waals surface area contributed by atoms with Gasteiger partial charge in [0.1, 0.15) is 0 Å². The Bertz CT molecular complexity index is 374. The van der Waals surface area contributed by atoms with Crippen LogP contribution in [0.3, 0.4) is 0 Å². The van der Waals surface area contributed by atoms with Gasteiger partial charge in [-0.1, -0.05) is 13.8 Å². The summed E-state index contributed by atoms with van der Waals surface area (Å²) in [7, 11) is 2.05. The Morgan fingerprint density at radius 2 is 1.70 bits per heavy atom.